The fourth-order valence-corrected chi connectivity index (χ4v) is 10.6. The van der Waals surface area contributed by atoms with Crippen LogP contribution in [0.1, 0.15) is 241 Å². The Kier molecular flexibility index (Phi) is 54.6. The van der Waals surface area contributed by atoms with E-state index in [1.807, 2.05) is 52.0 Å². The van der Waals surface area contributed by atoms with E-state index in [1.165, 1.54) is 165 Å². The molecule has 3 aliphatic rings. The van der Waals surface area contributed by atoms with Crippen LogP contribution >= 0.6 is 0 Å². The largest absolute Gasteiger partial charge is 0.207 e. The molecule has 10 heteroatoms. The lowest BCUT2D eigenvalue weighted by molar-refractivity contribution is 0.308. The van der Waals surface area contributed by atoms with Crippen LogP contribution in [-0.4, -0.2) is 0 Å². The van der Waals surface area contributed by atoms with Crippen molar-refractivity contribution >= 4 is 0 Å². The zero-order valence-electron chi connectivity index (χ0n) is 68.7. The molecule has 0 unspecified atom stereocenters. The van der Waals surface area contributed by atoms with Crippen LogP contribution in [0.15, 0.2) is 158 Å². The summed E-state index contributed by atoms with van der Waals surface area (Å²) in [5, 5.41) is 0. The fraction of sp³-hybridized carbons (Fsp3) is 0.455. The molecule has 0 N–H and O–H groups in total. The van der Waals surface area contributed by atoms with Gasteiger partial charge in [0.1, 0.15) is 23.3 Å². The molecule has 0 amide bonds. The smallest absolute Gasteiger partial charge is 0.161 e. The maximum atomic E-state index is 12.6. The first-order valence-corrected chi connectivity index (χ1v) is 37.8. The first kappa shape index (κ1) is 105. The Bertz CT molecular complexity index is 3340. The Labute approximate surface area is 657 Å². The van der Waals surface area contributed by atoms with E-state index in [9.17, 15) is 43.9 Å². The van der Waals surface area contributed by atoms with Gasteiger partial charge >= 0.3 is 0 Å². The Morgan fingerprint density at radius 1 is 0.165 bits per heavy atom. The van der Waals surface area contributed by atoms with Crippen LogP contribution in [0.5, 0.6) is 0 Å². The maximum Gasteiger partial charge on any atom is 0.161 e. The van der Waals surface area contributed by atoms with Crippen molar-refractivity contribution in [3.8, 4) is 0 Å². The quantitative estimate of drug-likeness (QED) is 0.133. The van der Waals surface area contributed by atoms with E-state index in [-0.39, 0.29) is 45.5 Å². The average Bonchev–Trinajstić information content (AvgIpc) is 0.873. The van der Waals surface area contributed by atoms with Crippen molar-refractivity contribution < 1.29 is 43.9 Å². The van der Waals surface area contributed by atoms with Crippen LogP contribution in [-0.2, 0) is 0 Å². The number of hydrogen-bond acceptors (Lipinski definition) is 0. The molecular weight excluding hydrogens is 1380 g/mol. The highest BCUT2D eigenvalue weighted by Crippen LogP contribution is 2.29. The number of rotatable bonds is 0. The van der Waals surface area contributed by atoms with Crippen molar-refractivity contribution in [3.63, 3.8) is 0 Å². The van der Waals surface area contributed by atoms with Crippen LogP contribution in [0, 0.1) is 218 Å². The predicted octanol–water partition coefficient (Wildman–Crippen LogP) is 32.5. The second-order valence-electron chi connectivity index (χ2n) is 30.4. The molecule has 0 bridgehead atoms. The lowest BCUT2D eigenvalue weighted by Gasteiger charge is -2.22. The molecule has 9 aromatic rings. The van der Waals surface area contributed by atoms with Gasteiger partial charge in [0, 0.05) is 0 Å². The molecule has 0 aromatic heterocycles. The lowest BCUT2D eigenvalue weighted by Crippen LogP contribution is -2.08. The van der Waals surface area contributed by atoms with Gasteiger partial charge in [0.25, 0.3) is 0 Å². The van der Waals surface area contributed by atoms with Gasteiger partial charge in [0.2, 0.25) is 0 Å². The van der Waals surface area contributed by atoms with Crippen molar-refractivity contribution in [2.75, 3.05) is 0 Å². The summed E-state index contributed by atoms with van der Waals surface area (Å²) in [6.07, 6.45) is 17.7. The molecule has 3 aliphatic carbocycles. The van der Waals surface area contributed by atoms with Gasteiger partial charge in [-0.2, -0.15) is 0 Å². The molecule has 0 aliphatic heterocycles. The van der Waals surface area contributed by atoms with Crippen LogP contribution in [0.3, 0.4) is 0 Å². The van der Waals surface area contributed by atoms with E-state index in [0.717, 1.165) is 57.8 Å². The molecule has 0 nitrogen and oxygen atoms in total. The van der Waals surface area contributed by atoms with E-state index < -0.39 is 34.9 Å². The minimum absolute atomic E-state index is 0. The minimum atomic E-state index is -0.736. The molecule has 0 heterocycles. The summed E-state index contributed by atoms with van der Waals surface area (Å²) < 4.78 is 126. The Morgan fingerprint density at radius 2 is 0.266 bits per heavy atom. The zero-order valence-corrected chi connectivity index (χ0v) is 68.7. The number of benzene rings is 9. The summed E-state index contributed by atoms with van der Waals surface area (Å²) in [6.45, 7) is 46.4. The Hall–Kier alpha value is -7.72. The fourth-order valence-electron chi connectivity index (χ4n) is 10.6. The number of halogens is 10. The molecule has 0 spiro atoms. The summed E-state index contributed by atoms with van der Waals surface area (Å²) in [5.74, 6) is 1.24. The highest BCUT2D eigenvalue weighted by molar-refractivity contribution is 5.28. The summed E-state index contributed by atoms with van der Waals surface area (Å²) in [4.78, 5) is 0. The average molecular weight is 1520 g/mol. The van der Waals surface area contributed by atoms with E-state index >= 15 is 0 Å². The van der Waals surface area contributed by atoms with Crippen molar-refractivity contribution in [3.05, 3.63) is 316 Å². The molecule has 109 heavy (non-hydrogen) atoms. The van der Waals surface area contributed by atoms with E-state index in [4.69, 9.17) is 0 Å². The molecule has 606 valence electrons. The molecule has 12 rings (SSSR count). The second-order valence-corrected chi connectivity index (χ2v) is 30.4. The van der Waals surface area contributed by atoms with E-state index in [0.29, 0.717) is 55.6 Å². The number of hydrogen-bond donors (Lipinski definition) is 0. The normalized spacial score (nSPS) is 16.1. The second kappa shape index (κ2) is 56.5. The summed E-state index contributed by atoms with van der Waals surface area (Å²) in [6, 6.07) is 47.2. The topological polar surface area (TPSA) is 0 Å². The van der Waals surface area contributed by atoms with Crippen LogP contribution < -0.4 is 0 Å². The van der Waals surface area contributed by atoms with Gasteiger partial charge in [-0.05, 0) is 262 Å². The molecule has 3 fully saturated rings. The van der Waals surface area contributed by atoms with Crippen LogP contribution in [0.25, 0.3) is 0 Å². The van der Waals surface area contributed by atoms with Crippen molar-refractivity contribution in [1.29, 1.82) is 0 Å². The third kappa shape index (κ3) is 45.9. The third-order valence-corrected chi connectivity index (χ3v) is 19.1. The Balaban J connectivity index is -0.00000112. The molecule has 0 atom stereocenters. The first-order chi connectivity index (χ1) is 49.6. The SMILES string of the molecule is C.C.C.CC1CCC(C)CC1.CC1CCC(C)CC1.CC1CCC(C)CC1.Cc1ccc(C)c(F)c1.Cc1ccc(C)c(F)c1.Cc1ccc(C)c(F)c1.Cc1ccc(C)c(F)c1.Cc1ccc(C)c(F)c1F.Cc1ccc(C)c(F)c1F.Cc1ccc(C)c(F)c1F.Cc1ccc(C)cc1.Cc1ccc(C)cc1. The molecule has 9 aromatic carbocycles. The van der Waals surface area contributed by atoms with Gasteiger partial charge in [0.05, 0.1) is 0 Å². The lowest BCUT2D eigenvalue weighted by atomic mass is 9.84. The number of aryl methyl sites for hydroxylation is 18. The molecule has 0 saturated heterocycles. The monoisotopic (exact) mass is 1520 g/mol. The maximum absolute atomic E-state index is 12.6. The molecule has 0 radical (unpaired) electrons. The van der Waals surface area contributed by atoms with Gasteiger partial charge in [-0.3, -0.25) is 0 Å². The van der Waals surface area contributed by atoms with Gasteiger partial charge < -0.3 is 0 Å². The van der Waals surface area contributed by atoms with Crippen LogP contribution in [0.4, 0.5) is 43.9 Å². The summed E-state index contributed by atoms with van der Waals surface area (Å²) in [7, 11) is 0. The predicted molar refractivity (Wildman–Crippen MR) is 453 cm³/mol. The summed E-state index contributed by atoms with van der Waals surface area (Å²) >= 11 is 0. The highest BCUT2D eigenvalue weighted by atomic mass is 19.2. The highest BCUT2D eigenvalue weighted by Gasteiger charge is 2.16. The van der Waals surface area contributed by atoms with Crippen molar-refractivity contribution in [1.82, 2.24) is 0 Å². The molecule has 3 saturated carbocycles. The van der Waals surface area contributed by atoms with Crippen molar-refractivity contribution in [2.24, 2.45) is 35.5 Å². The minimum Gasteiger partial charge on any atom is -0.207 e. The van der Waals surface area contributed by atoms with Gasteiger partial charge in [0.15, 0.2) is 34.9 Å². The van der Waals surface area contributed by atoms with Crippen molar-refractivity contribution in [2.45, 2.75) is 265 Å². The van der Waals surface area contributed by atoms with Gasteiger partial charge in [-0.25, -0.2) is 43.9 Å². The third-order valence-electron chi connectivity index (χ3n) is 19.1. The van der Waals surface area contributed by atoms with Gasteiger partial charge in [-0.15, -0.1) is 0 Å². The Morgan fingerprint density at radius 3 is 0.367 bits per heavy atom. The summed E-state index contributed by atoms with van der Waals surface area (Å²) in [5.41, 5.74) is 14.1. The standard InChI is InChI=1S/3C8H8F2.4C8H9F.3C8H16.2C8H10.3CH4/c3*1-5-3-4-6(2)8(10)7(5)9;4*1-6-3-4-7(2)8(9)5-6;5*1-7-3-5-8(2)6-4-7;;;/h3*3-4H,1-2H3;4*3-5H,1-2H3;3*7-8H,3-6H2,1-2H3;2*3-6H,1-2H3;3*1H4. The molecular formula is C99H140F10. The van der Waals surface area contributed by atoms with Gasteiger partial charge in [-0.1, -0.05) is 297 Å². The van der Waals surface area contributed by atoms with E-state index in [2.05, 4.69) is 118 Å². The van der Waals surface area contributed by atoms with E-state index in [1.54, 1.807) is 88.4 Å². The first-order valence-electron chi connectivity index (χ1n) is 37.8. The van der Waals surface area contributed by atoms with Crippen LogP contribution in [0.2, 0.25) is 0 Å². The zero-order chi connectivity index (χ0) is 80.5.